The number of carbonyl (C=O) groups is 2. The van der Waals surface area contributed by atoms with Crippen LogP contribution in [0.1, 0.15) is 45.1 Å². The summed E-state index contributed by atoms with van der Waals surface area (Å²) in [5, 5.41) is 2.99. The molecule has 0 bridgehead atoms. The second-order valence-electron chi connectivity index (χ2n) is 6.82. The van der Waals surface area contributed by atoms with Crippen molar-refractivity contribution in [2.75, 3.05) is 19.6 Å². The number of amides is 2. The van der Waals surface area contributed by atoms with Gasteiger partial charge in [-0.25, -0.2) is 0 Å². The molecule has 1 aliphatic heterocycles. The van der Waals surface area contributed by atoms with Crippen molar-refractivity contribution in [3.63, 3.8) is 0 Å². The lowest BCUT2D eigenvalue weighted by molar-refractivity contribution is -0.141. The number of hydrogen-bond acceptors (Lipinski definition) is 3. The van der Waals surface area contributed by atoms with Gasteiger partial charge < -0.3 is 15.0 Å². The summed E-state index contributed by atoms with van der Waals surface area (Å²) in [6.07, 6.45) is 3.02. The van der Waals surface area contributed by atoms with Gasteiger partial charge in [-0.2, -0.15) is 0 Å². The highest BCUT2D eigenvalue weighted by atomic mass is 16.5. The monoisotopic (exact) mass is 346 g/mol. The molecule has 0 saturated carbocycles. The first-order valence-electron chi connectivity index (χ1n) is 9.31. The van der Waals surface area contributed by atoms with Gasteiger partial charge in [0.2, 0.25) is 5.91 Å². The fourth-order valence-corrected chi connectivity index (χ4v) is 3.02. The van der Waals surface area contributed by atoms with Crippen LogP contribution in [-0.4, -0.2) is 42.5 Å². The molecule has 2 rings (SSSR count). The minimum Gasteiger partial charge on any atom is -0.481 e. The van der Waals surface area contributed by atoms with Crippen molar-refractivity contribution < 1.29 is 14.3 Å². The van der Waals surface area contributed by atoms with E-state index in [9.17, 15) is 9.59 Å². The van der Waals surface area contributed by atoms with Crippen LogP contribution in [0.15, 0.2) is 24.3 Å². The van der Waals surface area contributed by atoms with Crippen LogP contribution in [0.2, 0.25) is 0 Å². The van der Waals surface area contributed by atoms with Crippen LogP contribution in [0.5, 0.6) is 5.75 Å². The number of benzene rings is 1. The zero-order valence-corrected chi connectivity index (χ0v) is 15.6. The molecule has 1 aromatic rings. The Bertz CT molecular complexity index is 563. The van der Waals surface area contributed by atoms with Gasteiger partial charge in [0, 0.05) is 25.6 Å². The highest BCUT2D eigenvalue weighted by Gasteiger charge is 2.29. The zero-order chi connectivity index (χ0) is 18.2. The lowest BCUT2D eigenvalue weighted by atomic mass is 9.95. The Hall–Kier alpha value is -2.04. The molecule has 5 nitrogen and oxygen atoms in total. The van der Waals surface area contributed by atoms with Crippen LogP contribution in [0.4, 0.5) is 0 Å². The Labute approximate surface area is 150 Å². The standard InChI is InChI=1S/C20H30N2O3/c1-4-5-12-21-19(23)17-10-13-22(14-11-17)20(24)16(3)25-18-8-6-15(2)7-9-18/h6-9,16-17H,4-5,10-14H2,1-3H3,(H,21,23). The summed E-state index contributed by atoms with van der Waals surface area (Å²) in [5.74, 6) is 0.848. The van der Waals surface area contributed by atoms with Crippen molar-refractivity contribution in [2.24, 2.45) is 5.92 Å². The number of unbranched alkanes of at least 4 members (excludes halogenated alkanes) is 1. The van der Waals surface area contributed by atoms with E-state index in [1.165, 1.54) is 0 Å². The van der Waals surface area contributed by atoms with Gasteiger partial charge in [-0.1, -0.05) is 31.0 Å². The SMILES string of the molecule is CCCCNC(=O)C1CCN(C(=O)C(C)Oc2ccc(C)cc2)CC1. The fourth-order valence-electron chi connectivity index (χ4n) is 3.02. The molecule has 0 aromatic heterocycles. The summed E-state index contributed by atoms with van der Waals surface area (Å²) < 4.78 is 5.75. The third kappa shape index (κ3) is 5.76. The van der Waals surface area contributed by atoms with Gasteiger partial charge in [0.05, 0.1) is 0 Å². The topological polar surface area (TPSA) is 58.6 Å². The van der Waals surface area contributed by atoms with Crippen molar-refractivity contribution in [1.29, 1.82) is 0 Å². The van der Waals surface area contributed by atoms with E-state index >= 15 is 0 Å². The van der Waals surface area contributed by atoms with E-state index in [1.54, 1.807) is 6.92 Å². The summed E-state index contributed by atoms with van der Waals surface area (Å²) in [7, 11) is 0. The molecule has 1 aliphatic rings. The first-order chi connectivity index (χ1) is 12.0. The Kier molecular flexibility index (Phi) is 7.29. The minimum absolute atomic E-state index is 0.00887. The minimum atomic E-state index is -0.516. The van der Waals surface area contributed by atoms with Gasteiger partial charge >= 0.3 is 0 Å². The summed E-state index contributed by atoms with van der Waals surface area (Å²) in [6, 6.07) is 7.70. The summed E-state index contributed by atoms with van der Waals surface area (Å²) in [6.45, 7) is 7.89. The number of aryl methyl sites for hydroxylation is 1. The molecule has 5 heteroatoms. The molecular weight excluding hydrogens is 316 g/mol. The van der Waals surface area contributed by atoms with Gasteiger partial charge in [-0.3, -0.25) is 9.59 Å². The molecule has 1 fully saturated rings. The largest absolute Gasteiger partial charge is 0.481 e. The molecule has 1 atom stereocenters. The first kappa shape index (κ1) is 19.3. The third-order valence-electron chi connectivity index (χ3n) is 4.69. The molecule has 0 aliphatic carbocycles. The predicted molar refractivity (Wildman–Crippen MR) is 98.5 cm³/mol. The number of rotatable bonds is 7. The van der Waals surface area contributed by atoms with Gasteiger partial charge in [-0.05, 0) is 45.2 Å². The number of piperidine rings is 1. The molecule has 1 heterocycles. The molecule has 2 amide bonds. The average molecular weight is 346 g/mol. The number of likely N-dealkylation sites (tertiary alicyclic amines) is 1. The van der Waals surface area contributed by atoms with Crippen LogP contribution < -0.4 is 10.1 Å². The Morgan fingerprint density at radius 2 is 1.88 bits per heavy atom. The second-order valence-corrected chi connectivity index (χ2v) is 6.82. The first-order valence-corrected chi connectivity index (χ1v) is 9.31. The normalized spacial score (nSPS) is 16.4. The average Bonchev–Trinajstić information content (AvgIpc) is 2.63. The van der Waals surface area contributed by atoms with E-state index in [1.807, 2.05) is 36.1 Å². The highest BCUT2D eigenvalue weighted by molar-refractivity contribution is 5.82. The van der Waals surface area contributed by atoms with Crippen LogP contribution in [0, 0.1) is 12.8 Å². The van der Waals surface area contributed by atoms with Gasteiger partial charge in [0.15, 0.2) is 6.10 Å². The predicted octanol–water partition coefficient (Wildman–Crippen LogP) is 2.92. The van der Waals surface area contributed by atoms with Gasteiger partial charge in [-0.15, -0.1) is 0 Å². The molecular formula is C20H30N2O3. The smallest absolute Gasteiger partial charge is 0.263 e. The highest BCUT2D eigenvalue weighted by Crippen LogP contribution is 2.20. The van der Waals surface area contributed by atoms with Gasteiger partial charge in [0.25, 0.3) is 5.91 Å². The van der Waals surface area contributed by atoms with Crippen molar-refractivity contribution in [3.8, 4) is 5.75 Å². The molecule has 1 saturated heterocycles. The fraction of sp³-hybridized carbons (Fsp3) is 0.600. The van der Waals surface area contributed by atoms with Crippen LogP contribution in [0.25, 0.3) is 0 Å². The van der Waals surface area contributed by atoms with Crippen molar-refractivity contribution in [1.82, 2.24) is 10.2 Å². The number of carbonyl (C=O) groups excluding carboxylic acids is 2. The maximum atomic E-state index is 12.6. The van der Waals surface area contributed by atoms with E-state index in [0.717, 1.165) is 37.8 Å². The van der Waals surface area contributed by atoms with Crippen LogP contribution >= 0.6 is 0 Å². The maximum absolute atomic E-state index is 12.6. The Morgan fingerprint density at radius 1 is 1.24 bits per heavy atom. The molecule has 1 aromatic carbocycles. The molecule has 1 N–H and O–H groups in total. The Balaban J connectivity index is 1.78. The molecule has 138 valence electrons. The summed E-state index contributed by atoms with van der Waals surface area (Å²) in [4.78, 5) is 26.5. The maximum Gasteiger partial charge on any atom is 0.263 e. The van der Waals surface area contributed by atoms with E-state index in [-0.39, 0.29) is 17.7 Å². The van der Waals surface area contributed by atoms with Crippen LogP contribution in [-0.2, 0) is 9.59 Å². The number of nitrogens with zero attached hydrogens (tertiary/aromatic N) is 1. The Morgan fingerprint density at radius 3 is 2.48 bits per heavy atom. The molecule has 25 heavy (non-hydrogen) atoms. The van der Waals surface area contributed by atoms with Crippen molar-refractivity contribution in [2.45, 2.75) is 52.6 Å². The third-order valence-corrected chi connectivity index (χ3v) is 4.69. The quantitative estimate of drug-likeness (QED) is 0.772. The second kappa shape index (κ2) is 9.44. The van der Waals surface area contributed by atoms with Crippen molar-refractivity contribution >= 4 is 11.8 Å². The van der Waals surface area contributed by atoms with Gasteiger partial charge in [0.1, 0.15) is 5.75 Å². The summed E-state index contributed by atoms with van der Waals surface area (Å²) >= 11 is 0. The molecule has 0 radical (unpaired) electrons. The molecule has 0 spiro atoms. The van der Waals surface area contributed by atoms with E-state index in [0.29, 0.717) is 18.8 Å². The molecule has 1 unspecified atom stereocenters. The number of hydrogen-bond donors (Lipinski definition) is 1. The van der Waals surface area contributed by atoms with Crippen LogP contribution in [0.3, 0.4) is 0 Å². The van der Waals surface area contributed by atoms with Crippen molar-refractivity contribution in [3.05, 3.63) is 29.8 Å². The van der Waals surface area contributed by atoms with E-state index in [4.69, 9.17) is 4.74 Å². The lowest BCUT2D eigenvalue weighted by Crippen LogP contribution is -2.47. The number of ether oxygens (including phenoxy) is 1. The summed E-state index contributed by atoms with van der Waals surface area (Å²) in [5.41, 5.74) is 1.16. The van der Waals surface area contributed by atoms with E-state index < -0.39 is 6.10 Å². The lowest BCUT2D eigenvalue weighted by Gasteiger charge is -2.33. The van der Waals surface area contributed by atoms with E-state index in [2.05, 4.69) is 12.2 Å². The zero-order valence-electron chi connectivity index (χ0n) is 15.6. The number of nitrogens with one attached hydrogen (secondary N) is 1.